The summed E-state index contributed by atoms with van der Waals surface area (Å²) in [5.74, 6) is -2.50. The number of hydrogen-bond acceptors (Lipinski definition) is 1. The predicted molar refractivity (Wildman–Crippen MR) is 41.4 cm³/mol. The topological polar surface area (TPSA) is 17.1 Å². The van der Waals surface area contributed by atoms with Crippen LogP contribution in [-0.4, -0.2) is 5.78 Å². The molecule has 0 bridgehead atoms. The first-order valence-corrected chi connectivity index (χ1v) is 3.55. The molecule has 1 nitrogen and oxygen atoms in total. The van der Waals surface area contributed by atoms with E-state index < -0.39 is 23.0 Å². The maximum absolute atomic E-state index is 12.8. The first-order chi connectivity index (χ1) is 5.52. The van der Waals surface area contributed by atoms with Crippen molar-refractivity contribution in [3.8, 4) is 0 Å². The molecule has 64 valence electrons. The van der Waals surface area contributed by atoms with Gasteiger partial charge in [-0.15, -0.1) is 0 Å². The van der Waals surface area contributed by atoms with Gasteiger partial charge in [0, 0.05) is 5.02 Å². The van der Waals surface area contributed by atoms with E-state index in [1.807, 2.05) is 0 Å². The lowest BCUT2D eigenvalue weighted by Gasteiger charge is -2.00. The Morgan fingerprint density at radius 1 is 1.33 bits per heavy atom. The minimum Gasteiger partial charge on any atom is -0.294 e. The minimum atomic E-state index is -0.924. The van der Waals surface area contributed by atoms with Gasteiger partial charge < -0.3 is 0 Å². The number of rotatable bonds is 1. The molecule has 0 saturated heterocycles. The van der Waals surface area contributed by atoms with Crippen LogP contribution in [0.3, 0.4) is 0 Å². The second-order valence-corrected chi connectivity index (χ2v) is 2.74. The molecule has 0 aliphatic rings. The summed E-state index contributed by atoms with van der Waals surface area (Å²) in [6, 6.07) is 1.81. The molecule has 0 heterocycles. The van der Waals surface area contributed by atoms with Crippen molar-refractivity contribution in [3.05, 3.63) is 34.4 Å². The van der Waals surface area contributed by atoms with Gasteiger partial charge in [0.1, 0.15) is 11.6 Å². The zero-order chi connectivity index (χ0) is 9.30. The second-order valence-electron chi connectivity index (χ2n) is 2.30. The number of carbonyl (C=O) groups excluding carboxylic acids is 1. The van der Waals surface area contributed by atoms with Crippen LogP contribution in [0.1, 0.15) is 17.3 Å². The van der Waals surface area contributed by atoms with Gasteiger partial charge in [-0.05, 0) is 19.1 Å². The fourth-order valence-electron chi connectivity index (χ4n) is 0.879. The van der Waals surface area contributed by atoms with E-state index in [0.29, 0.717) is 0 Å². The van der Waals surface area contributed by atoms with Crippen LogP contribution in [0.4, 0.5) is 8.78 Å². The van der Waals surface area contributed by atoms with Gasteiger partial charge in [-0.2, -0.15) is 0 Å². The molecule has 1 aromatic rings. The van der Waals surface area contributed by atoms with Gasteiger partial charge in [0.15, 0.2) is 5.78 Å². The first-order valence-electron chi connectivity index (χ1n) is 3.18. The summed E-state index contributed by atoms with van der Waals surface area (Å²) in [7, 11) is 0. The molecule has 0 spiro atoms. The van der Waals surface area contributed by atoms with E-state index >= 15 is 0 Å². The maximum Gasteiger partial charge on any atom is 0.165 e. The Bertz CT molecular complexity index is 313. The molecule has 0 fully saturated rings. The van der Waals surface area contributed by atoms with Gasteiger partial charge >= 0.3 is 0 Å². The quantitative estimate of drug-likeness (QED) is 0.623. The number of Topliss-reactive ketones (excluding diaryl/α,β-unsaturated/α-hetero) is 1. The van der Waals surface area contributed by atoms with Crippen LogP contribution in [-0.2, 0) is 0 Å². The van der Waals surface area contributed by atoms with Crippen LogP contribution < -0.4 is 0 Å². The molecule has 4 heteroatoms. The smallest absolute Gasteiger partial charge is 0.165 e. The van der Waals surface area contributed by atoms with E-state index in [1.54, 1.807) is 0 Å². The molecule has 0 saturated carbocycles. The van der Waals surface area contributed by atoms with Crippen molar-refractivity contribution in [3.63, 3.8) is 0 Å². The SMILES string of the molecule is CC(=O)c1c(F)cc(Cl)cc1F. The van der Waals surface area contributed by atoms with Crippen LogP contribution >= 0.6 is 11.6 Å². The lowest BCUT2D eigenvalue weighted by molar-refractivity contribution is 0.101. The summed E-state index contributed by atoms with van der Waals surface area (Å²) < 4.78 is 25.6. The molecular weight excluding hydrogens is 186 g/mol. The number of halogens is 3. The fraction of sp³-hybridized carbons (Fsp3) is 0.125. The van der Waals surface area contributed by atoms with Crippen molar-refractivity contribution in [1.29, 1.82) is 0 Å². The molecule has 0 N–H and O–H groups in total. The van der Waals surface area contributed by atoms with Crippen molar-refractivity contribution < 1.29 is 13.6 Å². The van der Waals surface area contributed by atoms with Gasteiger partial charge in [0.2, 0.25) is 0 Å². The summed E-state index contributed by atoms with van der Waals surface area (Å²) in [5, 5.41) is -0.0602. The van der Waals surface area contributed by atoms with Crippen LogP contribution in [0, 0.1) is 11.6 Å². The maximum atomic E-state index is 12.8. The van der Waals surface area contributed by atoms with Crippen molar-refractivity contribution in [2.24, 2.45) is 0 Å². The zero-order valence-electron chi connectivity index (χ0n) is 6.20. The summed E-state index contributed by atoms with van der Waals surface area (Å²) in [6.07, 6.45) is 0. The highest BCUT2D eigenvalue weighted by Gasteiger charge is 2.13. The number of carbonyl (C=O) groups is 1. The third-order valence-electron chi connectivity index (χ3n) is 1.36. The van der Waals surface area contributed by atoms with E-state index in [9.17, 15) is 13.6 Å². The second kappa shape index (κ2) is 3.19. The van der Waals surface area contributed by atoms with Gasteiger partial charge in [-0.3, -0.25) is 4.79 Å². The zero-order valence-corrected chi connectivity index (χ0v) is 6.95. The highest BCUT2D eigenvalue weighted by atomic mass is 35.5. The monoisotopic (exact) mass is 190 g/mol. The van der Waals surface area contributed by atoms with Crippen molar-refractivity contribution >= 4 is 17.4 Å². The molecule has 0 aliphatic carbocycles. The molecule has 12 heavy (non-hydrogen) atoms. The normalized spacial score (nSPS) is 10.0. The Kier molecular flexibility index (Phi) is 2.43. The van der Waals surface area contributed by atoms with E-state index in [1.165, 1.54) is 0 Å². The standard InChI is InChI=1S/C8H5ClF2O/c1-4(12)8-6(10)2-5(9)3-7(8)11/h2-3H,1H3. The van der Waals surface area contributed by atoms with E-state index in [4.69, 9.17) is 11.6 Å². The van der Waals surface area contributed by atoms with E-state index in [-0.39, 0.29) is 5.02 Å². The summed E-state index contributed by atoms with van der Waals surface area (Å²) in [6.45, 7) is 1.09. The molecule has 0 aromatic heterocycles. The van der Waals surface area contributed by atoms with Crippen LogP contribution in [0.2, 0.25) is 5.02 Å². The number of benzene rings is 1. The Labute approximate surface area is 73.0 Å². The van der Waals surface area contributed by atoms with Crippen molar-refractivity contribution in [1.82, 2.24) is 0 Å². The van der Waals surface area contributed by atoms with Gasteiger partial charge in [0.25, 0.3) is 0 Å². The number of hydrogen-bond donors (Lipinski definition) is 0. The highest BCUT2D eigenvalue weighted by molar-refractivity contribution is 6.30. The Morgan fingerprint density at radius 2 is 1.75 bits per heavy atom. The highest BCUT2D eigenvalue weighted by Crippen LogP contribution is 2.18. The molecule has 1 rings (SSSR count). The van der Waals surface area contributed by atoms with Crippen molar-refractivity contribution in [2.75, 3.05) is 0 Å². The van der Waals surface area contributed by atoms with Crippen LogP contribution in [0.25, 0.3) is 0 Å². The minimum absolute atomic E-state index is 0.0602. The van der Waals surface area contributed by atoms with Gasteiger partial charge in [-0.25, -0.2) is 8.78 Å². The third kappa shape index (κ3) is 1.61. The fourth-order valence-corrected chi connectivity index (χ4v) is 1.07. The Hall–Kier alpha value is -0.960. The summed E-state index contributed by atoms with van der Waals surface area (Å²) in [4.78, 5) is 10.7. The van der Waals surface area contributed by atoms with Crippen LogP contribution in [0.15, 0.2) is 12.1 Å². The molecule has 0 amide bonds. The molecular formula is C8H5ClF2O. The number of ketones is 1. The predicted octanol–water partition coefficient (Wildman–Crippen LogP) is 2.82. The van der Waals surface area contributed by atoms with Crippen LogP contribution in [0.5, 0.6) is 0 Å². The molecule has 0 atom stereocenters. The van der Waals surface area contributed by atoms with Gasteiger partial charge in [-0.1, -0.05) is 11.6 Å². The molecule has 0 radical (unpaired) electrons. The third-order valence-corrected chi connectivity index (χ3v) is 1.58. The Morgan fingerprint density at radius 3 is 2.08 bits per heavy atom. The molecule has 1 aromatic carbocycles. The van der Waals surface area contributed by atoms with Crippen molar-refractivity contribution in [2.45, 2.75) is 6.92 Å². The molecule has 0 unspecified atom stereocenters. The molecule has 0 aliphatic heterocycles. The average molecular weight is 191 g/mol. The average Bonchev–Trinajstić information content (AvgIpc) is 1.82. The van der Waals surface area contributed by atoms with E-state index in [0.717, 1.165) is 19.1 Å². The Balaban J connectivity index is 3.38. The summed E-state index contributed by atoms with van der Waals surface area (Å²) >= 11 is 5.34. The summed E-state index contributed by atoms with van der Waals surface area (Å²) in [5.41, 5.74) is -0.542. The lowest BCUT2D eigenvalue weighted by atomic mass is 10.1. The first kappa shape index (κ1) is 9.13. The largest absolute Gasteiger partial charge is 0.294 e. The lowest BCUT2D eigenvalue weighted by Crippen LogP contribution is -2.01. The van der Waals surface area contributed by atoms with Gasteiger partial charge in [0.05, 0.1) is 5.56 Å². The van der Waals surface area contributed by atoms with E-state index in [2.05, 4.69) is 0 Å².